The maximum Gasteiger partial charge on any atom is 0.253 e. The second-order valence-electron chi connectivity index (χ2n) is 6.41. The molecule has 26 heavy (non-hydrogen) atoms. The molecule has 0 atom stereocenters. The summed E-state index contributed by atoms with van der Waals surface area (Å²) in [5.74, 6) is 0.0381. The van der Waals surface area contributed by atoms with Crippen molar-refractivity contribution in [1.29, 1.82) is 0 Å². The van der Waals surface area contributed by atoms with E-state index in [1.165, 1.54) is 23.5 Å². The van der Waals surface area contributed by atoms with Crippen LogP contribution in [-0.2, 0) is 16.6 Å². The van der Waals surface area contributed by atoms with E-state index in [0.29, 0.717) is 10.6 Å². The van der Waals surface area contributed by atoms with Gasteiger partial charge in [-0.15, -0.1) is 0 Å². The van der Waals surface area contributed by atoms with Crippen LogP contribution in [0.1, 0.15) is 28.8 Å². The fourth-order valence-electron chi connectivity index (χ4n) is 2.98. The number of carbonyl (C=O) groups is 1. The monoisotopic (exact) mass is 392 g/mol. The number of rotatable bonds is 5. The van der Waals surface area contributed by atoms with Crippen LogP contribution >= 0.6 is 11.6 Å². The van der Waals surface area contributed by atoms with Crippen molar-refractivity contribution in [3.8, 4) is 0 Å². The van der Waals surface area contributed by atoms with Gasteiger partial charge in [-0.1, -0.05) is 23.7 Å². The molecule has 1 aliphatic rings. The average molecular weight is 393 g/mol. The Balaban J connectivity index is 1.70. The highest BCUT2D eigenvalue weighted by Gasteiger charge is 2.22. The third kappa shape index (κ3) is 4.09. The lowest BCUT2D eigenvalue weighted by atomic mass is 10.1. The lowest BCUT2D eigenvalue weighted by Gasteiger charge is -2.18. The van der Waals surface area contributed by atoms with E-state index in [2.05, 4.69) is 0 Å². The fraction of sp³-hybridized carbons (Fsp3) is 0.316. The molecule has 138 valence electrons. The van der Waals surface area contributed by atoms with Crippen molar-refractivity contribution in [2.75, 3.05) is 20.1 Å². The number of nitrogens with zero attached hydrogens (tertiary/aromatic N) is 2. The maximum absolute atomic E-state index is 12.6. The molecule has 2 aromatic carbocycles. The summed E-state index contributed by atoms with van der Waals surface area (Å²) in [5, 5.41) is 0.491. The predicted octanol–water partition coefficient (Wildman–Crippen LogP) is 3.40. The molecular formula is C19H21ClN2O3S. The number of halogens is 1. The summed E-state index contributed by atoms with van der Waals surface area (Å²) in [5.41, 5.74) is 1.46. The van der Waals surface area contributed by atoms with Crippen LogP contribution < -0.4 is 0 Å². The topological polar surface area (TPSA) is 57.7 Å². The number of sulfonamides is 1. The number of carbonyl (C=O) groups excluding carboxylic acids is 1. The van der Waals surface area contributed by atoms with Gasteiger partial charge in [-0.3, -0.25) is 4.79 Å². The Morgan fingerprint density at radius 3 is 2.19 bits per heavy atom. The third-order valence-corrected chi connectivity index (χ3v) is 6.59. The summed E-state index contributed by atoms with van der Waals surface area (Å²) < 4.78 is 26.5. The van der Waals surface area contributed by atoms with Crippen LogP contribution in [0.2, 0.25) is 5.02 Å². The van der Waals surface area contributed by atoms with Crippen molar-refractivity contribution in [1.82, 2.24) is 9.21 Å². The highest BCUT2D eigenvalue weighted by atomic mass is 35.5. The maximum atomic E-state index is 12.6. The quantitative estimate of drug-likeness (QED) is 0.783. The van der Waals surface area contributed by atoms with E-state index in [4.69, 9.17) is 11.6 Å². The molecule has 0 aromatic heterocycles. The van der Waals surface area contributed by atoms with Gasteiger partial charge in [0.05, 0.1) is 4.90 Å². The highest BCUT2D eigenvalue weighted by molar-refractivity contribution is 7.89. The van der Waals surface area contributed by atoms with E-state index in [1.54, 1.807) is 36.4 Å². The largest absolute Gasteiger partial charge is 0.339 e. The lowest BCUT2D eigenvalue weighted by Crippen LogP contribution is -2.28. The van der Waals surface area contributed by atoms with Crippen LogP contribution in [0.3, 0.4) is 0 Å². The van der Waals surface area contributed by atoms with Crippen molar-refractivity contribution < 1.29 is 13.2 Å². The Kier molecular flexibility index (Phi) is 5.65. The first-order valence-electron chi connectivity index (χ1n) is 8.48. The Hall–Kier alpha value is -1.89. The summed E-state index contributed by atoms with van der Waals surface area (Å²) in [6.07, 6.45) is 2.11. The Bertz CT molecular complexity index is 874. The number of hydrogen-bond donors (Lipinski definition) is 0. The van der Waals surface area contributed by atoms with Crippen molar-refractivity contribution in [2.24, 2.45) is 0 Å². The molecule has 0 aliphatic carbocycles. The molecule has 1 fully saturated rings. The smallest absolute Gasteiger partial charge is 0.253 e. The highest BCUT2D eigenvalue weighted by Crippen LogP contribution is 2.20. The molecule has 0 unspecified atom stereocenters. The third-order valence-electron chi connectivity index (χ3n) is 4.52. The summed E-state index contributed by atoms with van der Waals surface area (Å²) in [7, 11) is -2.06. The van der Waals surface area contributed by atoms with Gasteiger partial charge >= 0.3 is 0 Å². The first-order chi connectivity index (χ1) is 12.4. The lowest BCUT2D eigenvalue weighted by molar-refractivity contribution is 0.0793. The Morgan fingerprint density at radius 1 is 1.04 bits per heavy atom. The van der Waals surface area contributed by atoms with Crippen LogP contribution in [0.5, 0.6) is 0 Å². The van der Waals surface area contributed by atoms with Crippen LogP contribution in [0.25, 0.3) is 0 Å². The van der Waals surface area contributed by atoms with Gasteiger partial charge < -0.3 is 4.90 Å². The molecule has 7 heteroatoms. The van der Waals surface area contributed by atoms with Crippen LogP contribution in [0.15, 0.2) is 53.4 Å². The Labute approximate surface area is 159 Å². The van der Waals surface area contributed by atoms with Gasteiger partial charge in [-0.05, 0) is 54.8 Å². The summed E-state index contributed by atoms with van der Waals surface area (Å²) in [4.78, 5) is 14.4. The molecule has 1 heterocycles. The van der Waals surface area contributed by atoms with E-state index in [9.17, 15) is 13.2 Å². The zero-order chi connectivity index (χ0) is 18.7. The molecular weight excluding hydrogens is 372 g/mol. The number of hydrogen-bond acceptors (Lipinski definition) is 3. The molecule has 0 bridgehead atoms. The zero-order valence-corrected chi connectivity index (χ0v) is 16.1. The second-order valence-corrected chi connectivity index (χ2v) is 8.89. The molecule has 3 rings (SSSR count). The standard InChI is InChI=1S/C19H21ClN2O3S/c1-21(26(24,25)18-10-8-17(20)9-11-18)14-15-4-6-16(7-5-15)19(23)22-12-2-3-13-22/h4-11H,2-3,12-14H2,1H3. The minimum Gasteiger partial charge on any atom is -0.339 e. The normalized spacial score (nSPS) is 14.8. The molecule has 0 N–H and O–H groups in total. The second kappa shape index (κ2) is 7.78. The number of likely N-dealkylation sites (tertiary alicyclic amines) is 1. The van der Waals surface area contributed by atoms with Gasteiger partial charge in [0.1, 0.15) is 0 Å². The molecule has 0 saturated carbocycles. The molecule has 1 aliphatic heterocycles. The molecule has 0 radical (unpaired) electrons. The van der Waals surface area contributed by atoms with Crippen molar-refractivity contribution >= 4 is 27.5 Å². The molecule has 5 nitrogen and oxygen atoms in total. The zero-order valence-electron chi connectivity index (χ0n) is 14.6. The summed E-state index contributed by atoms with van der Waals surface area (Å²) >= 11 is 5.82. The first-order valence-corrected chi connectivity index (χ1v) is 10.3. The first kappa shape index (κ1) is 18.9. The Morgan fingerprint density at radius 2 is 1.62 bits per heavy atom. The molecule has 2 aromatic rings. The number of amides is 1. The van der Waals surface area contributed by atoms with Gasteiger partial charge in [-0.2, -0.15) is 4.31 Å². The van der Waals surface area contributed by atoms with Crippen molar-refractivity contribution in [3.63, 3.8) is 0 Å². The molecule has 0 spiro atoms. The van der Waals surface area contributed by atoms with Crippen molar-refractivity contribution in [2.45, 2.75) is 24.3 Å². The average Bonchev–Trinajstić information content (AvgIpc) is 3.17. The van der Waals surface area contributed by atoms with Gasteiger partial charge in [0, 0.05) is 37.3 Å². The minimum absolute atomic E-state index is 0.0381. The molecule has 1 saturated heterocycles. The number of benzene rings is 2. The van der Waals surface area contributed by atoms with Gasteiger partial charge in [0.25, 0.3) is 5.91 Å². The SMILES string of the molecule is CN(Cc1ccc(C(=O)N2CCCC2)cc1)S(=O)(=O)c1ccc(Cl)cc1. The molecule has 1 amide bonds. The van der Waals surface area contributed by atoms with Crippen LogP contribution in [0, 0.1) is 0 Å². The summed E-state index contributed by atoms with van der Waals surface area (Å²) in [6.45, 7) is 1.84. The van der Waals surface area contributed by atoms with Crippen LogP contribution in [0.4, 0.5) is 0 Å². The van der Waals surface area contributed by atoms with Gasteiger partial charge in [0.15, 0.2) is 0 Å². The van der Waals surface area contributed by atoms with Crippen LogP contribution in [-0.4, -0.2) is 43.7 Å². The van der Waals surface area contributed by atoms with E-state index in [1.807, 2.05) is 4.90 Å². The van der Waals surface area contributed by atoms with E-state index >= 15 is 0 Å². The van der Waals surface area contributed by atoms with E-state index in [-0.39, 0.29) is 17.3 Å². The van der Waals surface area contributed by atoms with Gasteiger partial charge in [-0.25, -0.2) is 8.42 Å². The predicted molar refractivity (Wildman–Crippen MR) is 102 cm³/mol. The minimum atomic E-state index is -3.59. The summed E-state index contributed by atoms with van der Waals surface area (Å²) in [6, 6.07) is 13.2. The van der Waals surface area contributed by atoms with Crippen molar-refractivity contribution in [3.05, 3.63) is 64.7 Å². The van der Waals surface area contributed by atoms with E-state index < -0.39 is 10.0 Å². The van der Waals surface area contributed by atoms with E-state index in [0.717, 1.165) is 31.5 Å². The fourth-order valence-corrected chi connectivity index (χ4v) is 4.27. The van der Waals surface area contributed by atoms with Gasteiger partial charge in [0.2, 0.25) is 10.0 Å².